The molecule has 0 heterocycles. The summed E-state index contributed by atoms with van der Waals surface area (Å²) in [5.41, 5.74) is 3.54. The minimum atomic E-state index is -0.976. The molecule has 1 atom stereocenters. The van der Waals surface area contributed by atoms with E-state index in [2.05, 4.69) is 6.07 Å². The SMILES string of the molecule is Cc1cc(C)c(C)c(OCC(O)c2ccccc2F)c1. The van der Waals surface area contributed by atoms with E-state index in [1.165, 1.54) is 6.07 Å². The van der Waals surface area contributed by atoms with Crippen LogP contribution in [0, 0.1) is 26.6 Å². The highest BCUT2D eigenvalue weighted by atomic mass is 19.1. The second-order valence-electron chi connectivity index (χ2n) is 5.05. The number of hydrogen-bond acceptors (Lipinski definition) is 2. The molecule has 2 nitrogen and oxygen atoms in total. The van der Waals surface area contributed by atoms with Gasteiger partial charge < -0.3 is 9.84 Å². The average Bonchev–Trinajstić information content (AvgIpc) is 2.41. The molecule has 3 heteroatoms. The van der Waals surface area contributed by atoms with Crippen LogP contribution in [-0.2, 0) is 0 Å². The summed E-state index contributed by atoms with van der Waals surface area (Å²) in [4.78, 5) is 0. The molecule has 0 aliphatic heterocycles. The van der Waals surface area contributed by atoms with Crippen molar-refractivity contribution in [2.75, 3.05) is 6.61 Å². The fraction of sp³-hybridized carbons (Fsp3) is 0.294. The van der Waals surface area contributed by atoms with Gasteiger partial charge in [0.25, 0.3) is 0 Å². The first-order valence-electron chi connectivity index (χ1n) is 6.62. The second kappa shape index (κ2) is 6.06. The third kappa shape index (κ3) is 3.17. The lowest BCUT2D eigenvalue weighted by Gasteiger charge is -2.16. The molecule has 0 saturated carbocycles. The third-order valence-corrected chi connectivity index (χ3v) is 3.42. The van der Waals surface area contributed by atoms with Gasteiger partial charge in [0, 0.05) is 5.56 Å². The fourth-order valence-electron chi connectivity index (χ4n) is 2.15. The summed E-state index contributed by atoms with van der Waals surface area (Å²) in [5, 5.41) is 10.0. The minimum absolute atomic E-state index is 0.0324. The molecule has 1 unspecified atom stereocenters. The first-order valence-corrected chi connectivity index (χ1v) is 6.62. The van der Waals surface area contributed by atoms with Gasteiger partial charge in [-0.3, -0.25) is 0 Å². The van der Waals surface area contributed by atoms with Gasteiger partial charge in [-0.2, -0.15) is 0 Å². The van der Waals surface area contributed by atoms with Crippen LogP contribution in [0.5, 0.6) is 5.75 Å². The van der Waals surface area contributed by atoms with E-state index in [-0.39, 0.29) is 12.2 Å². The molecule has 0 aromatic heterocycles. The van der Waals surface area contributed by atoms with E-state index >= 15 is 0 Å². The maximum atomic E-state index is 13.6. The van der Waals surface area contributed by atoms with Crippen LogP contribution in [-0.4, -0.2) is 11.7 Å². The van der Waals surface area contributed by atoms with Crippen LogP contribution in [0.25, 0.3) is 0 Å². The topological polar surface area (TPSA) is 29.5 Å². The highest BCUT2D eigenvalue weighted by Gasteiger charge is 2.14. The van der Waals surface area contributed by atoms with Gasteiger partial charge >= 0.3 is 0 Å². The first-order chi connectivity index (χ1) is 9.49. The van der Waals surface area contributed by atoms with Crippen molar-refractivity contribution in [3.63, 3.8) is 0 Å². The maximum absolute atomic E-state index is 13.6. The highest BCUT2D eigenvalue weighted by molar-refractivity contribution is 5.42. The van der Waals surface area contributed by atoms with Crippen LogP contribution in [0.4, 0.5) is 4.39 Å². The Labute approximate surface area is 118 Å². The summed E-state index contributed by atoms with van der Waals surface area (Å²) in [6, 6.07) is 10.2. The number of halogens is 1. The monoisotopic (exact) mass is 274 g/mol. The third-order valence-electron chi connectivity index (χ3n) is 3.42. The van der Waals surface area contributed by atoms with Crippen LogP contribution in [0.2, 0.25) is 0 Å². The van der Waals surface area contributed by atoms with Crippen molar-refractivity contribution >= 4 is 0 Å². The average molecular weight is 274 g/mol. The van der Waals surface area contributed by atoms with Crippen LogP contribution in [0.3, 0.4) is 0 Å². The molecule has 0 radical (unpaired) electrons. The minimum Gasteiger partial charge on any atom is -0.490 e. The molecule has 0 aliphatic rings. The van der Waals surface area contributed by atoms with E-state index in [1.807, 2.05) is 26.8 Å². The number of benzene rings is 2. The number of aliphatic hydroxyl groups excluding tert-OH is 1. The van der Waals surface area contributed by atoms with Crippen molar-refractivity contribution in [2.24, 2.45) is 0 Å². The molecule has 0 fully saturated rings. The summed E-state index contributed by atoms with van der Waals surface area (Å²) in [5.74, 6) is 0.318. The van der Waals surface area contributed by atoms with Gasteiger partial charge in [0.2, 0.25) is 0 Å². The summed E-state index contributed by atoms with van der Waals surface area (Å²) in [6.07, 6.45) is -0.976. The van der Waals surface area contributed by atoms with E-state index < -0.39 is 11.9 Å². The first kappa shape index (κ1) is 14.5. The zero-order valence-electron chi connectivity index (χ0n) is 12.0. The Hall–Kier alpha value is -1.87. The van der Waals surface area contributed by atoms with Crippen molar-refractivity contribution in [1.29, 1.82) is 0 Å². The van der Waals surface area contributed by atoms with Crippen molar-refractivity contribution in [3.05, 3.63) is 64.5 Å². The molecule has 2 aromatic carbocycles. The van der Waals surface area contributed by atoms with Gasteiger partial charge in [0.1, 0.15) is 24.3 Å². The van der Waals surface area contributed by atoms with E-state index in [0.717, 1.165) is 22.4 Å². The highest BCUT2D eigenvalue weighted by Crippen LogP contribution is 2.25. The van der Waals surface area contributed by atoms with Crippen molar-refractivity contribution in [3.8, 4) is 5.75 Å². The molecule has 0 spiro atoms. The lowest BCUT2D eigenvalue weighted by Crippen LogP contribution is -2.12. The number of ether oxygens (including phenoxy) is 1. The summed E-state index contributed by atoms with van der Waals surface area (Å²) < 4.78 is 19.2. The Morgan fingerprint density at radius 2 is 1.85 bits per heavy atom. The molecular formula is C17H19FO2. The van der Waals surface area contributed by atoms with Gasteiger partial charge in [-0.15, -0.1) is 0 Å². The van der Waals surface area contributed by atoms with Crippen LogP contribution >= 0.6 is 0 Å². The van der Waals surface area contributed by atoms with Crippen molar-refractivity contribution < 1.29 is 14.2 Å². The van der Waals surface area contributed by atoms with E-state index in [0.29, 0.717) is 0 Å². The van der Waals surface area contributed by atoms with E-state index in [9.17, 15) is 9.50 Å². The number of aliphatic hydroxyl groups is 1. The normalized spacial score (nSPS) is 12.2. The van der Waals surface area contributed by atoms with Gasteiger partial charge in [0.15, 0.2) is 0 Å². The van der Waals surface area contributed by atoms with E-state index in [1.54, 1.807) is 18.2 Å². The van der Waals surface area contributed by atoms with Gasteiger partial charge in [-0.05, 0) is 49.6 Å². The Morgan fingerprint density at radius 3 is 2.55 bits per heavy atom. The van der Waals surface area contributed by atoms with Gasteiger partial charge in [-0.1, -0.05) is 24.3 Å². The molecule has 0 bridgehead atoms. The number of hydrogen-bond donors (Lipinski definition) is 1. The van der Waals surface area contributed by atoms with Crippen LogP contribution < -0.4 is 4.74 Å². The Kier molecular flexibility index (Phi) is 4.40. The van der Waals surface area contributed by atoms with Gasteiger partial charge in [0.05, 0.1) is 0 Å². The summed E-state index contributed by atoms with van der Waals surface area (Å²) >= 11 is 0. The molecule has 2 aromatic rings. The molecule has 106 valence electrons. The standard InChI is InChI=1S/C17H19FO2/c1-11-8-12(2)13(3)17(9-11)20-10-16(19)14-6-4-5-7-15(14)18/h4-9,16,19H,10H2,1-3H3. The number of rotatable bonds is 4. The Morgan fingerprint density at radius 1 is 1.15 bits per heavy atom. The molecule has 20 heavy (non-hydrogen) atoms. The Bertz CT molecular complexity index is 608. The largest absolute Gasteiger partial charge is 0.490 e. The lowest BCUT2D eigenvalue weighted by atomic mass is 10.1. The smallest absolute Gasteiger partial charge is 0.129 e. The van der Waals surface area contributed by atoms with Crippen LogP contribution in [0.15, 0.2) is 36.4 Å². The molecule has 0 saturated heterocycles. The molecule has 2 rings (SSSR count). The van der Waals surface area contributed by atoms with Crippen molar-refractivity contribution in [1.82, 2.24) is 0 Å². The summed E-state index contributed by atoms with van der Waals surface area (Å²) in [6.45, 7) is 6.01. The maximum Gasteiger partial charge on any atom is 0.129 e. The molecule has 0 amide bonds. The van der Waals surface area contributed by atoms with Gasteiger partial charge in [-0.25, -0.2) is 4.39 Å². The molecule has 0 aliphatic carbocycles. The van der Waals surface area contributed by atoms with Crippen LogP contribution in [0.1, 0.15) is 28.4 Å². The Balaban J connectivity index is 2.11. The second-order valence-corrected chi connectivity index (χ2v) is 5.05. The molecule has 1 N–H and O–H groups in total. The predicted octanol–water partition coefficient (Wildman–Crippen LogP) is 3.86. The fourth-order valence-corrected chi connectivity index (χ4v) is 2.15. The van der Waals surface area contributed by atoms with Crippen molar-refractivity contribution in [2.45, 2.75) is 26.9 Å². The lowest BCUT2D eigenvalue weighted by molar-refractivity contribution is 0.104. The zero-order valence-corrected chi connectivity index (χ0v) is 12.0. The zero-order chi connectivity index (χ0) is 14.7. The predicted molar refractivity (Wildman–Crippen MR) is 77.5 cm³/mol. The quantitative estimate of drug-likeness (QED) is 0.917. The number of aryl methyl sites for hydroxylation is 2. The summed E-state index contributed by atoms with van der Waals surface area (Å²) in [7, 11) is 0. The van der Waals surface area contributed by atoms with E-state index in [4.69, 9.17) is 4.74 Å². The molecular weight excluding hydrogens is 255 g/mol.